The van der Waals surface area contributed by atoms with E-state index >= 15 is 0 Å². The van der Waals surface area contributed by atoms with Gasteiger partial charge in [0.2, 0.25) is 5.95 Å². The summed E-state index contributed by atoms with van der Waals surface area (Å²) in [6.07, 6.45) is 0. The molecule has 0 aliphatic carbocycles. The van der Waals surface area contributed by atoms with Crippen LogP contribution in [0.4, 0.5) is 5.95 Å². The van der Waals surface area contributed by atoms with Crippen molar-refractivity contribution >= 4 is 18.5 Å². The molecule has 58 valence electrons. The van der Waals surface area contributed by atoms with E-state index in [9.17, 15) is 0 Å². The van der Waals surface area contributed by atoms with Gasteiger partial charge >= 0.3 is 0 Å². The number of aromatic amines is 1. The number of nitrogens with two attached hydrogens (primary N) is 1. The molecule has 0 aliphatic rings. The third-order valence-electron chi connectivity index (χ3n) is 1.08. The van der Waals surface area contributed by atoms with Crippen LogP contribution in [0.25, 0.3) is 0 Å². The molecule has 0 bridgehead atoms. The molecule has 0 amide bonds. The molecule has 0 saturated heterocycles. The van der Waals surface area contributed by atoms with Crippen LogP contribution in [0.1, 0.15) is 5.82 Å². The number of nitrogens with zero attached hydrogens (tertiary/aromatic N) is 4. The molecule has 6 nitrogen and oxygen atoms in total. The minimum Gasteiger partial charge on any atom is -0.366 e. The van der Waals surface area contributed by atoms with Crippen molar-refractivity contribution in [3.63, 3.8) is 0 Å². The SMILES string of the molecule is C=NC(=NC)c1nc(N)n[nH]1. The normalized spacial score (nSPS) is 11.5. The summed E-state index contributed by atoms with van der Waals surface area (Å²) in [5.41, 5.74) is 5.26. The summed E-state index contributed by atoms with van der Waals surface area (Å²) in [6, 6.07) is 0. The van der Waals surface area contributed by atoms with Crippen molar-refractivity contribution in [3.05, 3.63) is 5.82 Å². The molecule has 1 heterocycles. The van der Waals surface area contributed by atoms with Crippen molar-refractivity contribution in [2.45, 2.75) is 0 Å². The van der Waals surface area contributed by atoms with Gasteiger partial charge in [0.15, 0.2) is 11.7 Å². The average Bonchev–Trinajstić information content (AvgIpc) is 2.39. The van der Waals surface area contributed by atoms with Gasteiger partial charge in [0, 0.05) is 7.05 Å². The van der Waals surface area contributed by atoms with Crippen LogP contribution in [-0.4, -0.2) is 34.8 Å². The van der Waals surface area contributed by atoms with Crippen LogP contribution in [-0.2, 0) is 0 Å². The number of H-pyrrole nitrogens is 1. The number of aliphatic imine (C=N–C) groups is 2. The van der Waals surface area contributed by atoms with Gasteiger partial charge in [-0.15, -0.1) is 5.10 Å². The minimum absolute atomic E-state index is 0.171. The van der Waals surface area contributed by atoms with E-state index in [1.165, 1.54) is 0 Å². The minimum atomic E-state index is 0.171. The molecule has 0 aliphatic heterocycles. The molecule has 0 atom stereocenters. The van der Waals surface area contributed by atoms with Crippen molar-refractivity contribution in [3.8, 4) is 0 Å². The molecule has 0 saturated carbocycles. The average molecular weight is 152 g/mol. The van der Waals surface area contributed by atoms with Crippen molar-refractivity contribution < 1.29 is 0 Å². The summed E-state index contributed by atoms with van der Waals surface area (Å²) in [4.78, 5) is 11.2. The first-order chi connectivity index (χ1) is 5.27. The van der Waals surface area contributed by atoms with E-state index in [-0.39, 0.29) is 5.95 Å². The number of rotatable bonds is 1. The number of hydrogen-bond donors (Lipinski definition) is 2. The van der Waals surface area contributed by atoms with Gasteiger partial charge in [0.25, 0.3) is 0 Å². The maximum atomic E-state index is 5.26. The quantitative estimate of drug-likeness (QED) is 0.418. The second-order valence-corrected chi connectivity index (χ2v) is 1.75. The first-order valence-electron chi connectivity index (χ1n) is 2.89. The molecule has 0 radical (unpaired) electrons. The Morgan fingerprint density at radius 3 is 2.82 bits per heavy atom. The smallest absolute Gasteiger partial charge is 0.239 e. The highest BCUT2D eigenvalue weighted by Gasteiger charge is 2.03. The van der Waals surface area contributed by atoms with E-state index < -0.39 is 0 Å². The maximum Gasteiger partial charge on any atom is 0.239 e. The number of hydrogen-bond acceptors (Lipinski definition) is 4. The van der Waals surface area contributed by atoms with Gasteiger partial charge in [0.05, 0.1) is 0 Å². The van der Waals surface area contributed by atoms with E-state index in [4.69, 9.17) is 5.73 Å². The Hall–Kier alpha value is -1.72. The Labute approximate surface area is 63.3 Å². The van der Waals surface area contributed by atoms with Gasteiger partial charge in [-0.2, -0.15) is 4.98 Å². The molecule has 0 unspecified atom stereocenters. The van der Waals surface area contributed by atoms with Gasteiger partial charge in [0.1, 0.15) is 0 Å². The Bertz CT molecular complexity index is 285. The van der Waals surface area contributed by atoms with Crippen LogP contribution >= 0.6 is 0 Å². The maximum absolute atomic E-state index is 5.26. The van der Waals surface area contributed by atoms with Crippen LogP contribution in [0.3, 0.4) is 0 Å². The van der Waals surface area contributed by atoms with Crippen molar-refractivity contribution in [2.24, 2.45) is 9.98 Å². The summed E-state index contributed by atoms with van der Waals surface area (Å²) >= 11 is 0. The molecule has 11 heavy (non-hydrogen) atoms. The third-order valence-corrected chi connectivity index (χ3v) is 1.08. The van der Waals surface area contributed by atoms with Crippen LogP contribution in [0, 0.1) is 0 Å². The zero-order valence-corrected chi connectivity index (χ0v) is 6.07. The summed E-state index contributed by atoms with van der Waals surface area (Å²) in [6.45, 7) is 3.31. The van der Waals surface area contributed by atoms with E-state index in [1.54, 1.807) is 7.05 Å². The van der Waals surface area contributed by atoms with Gasteiger partial charge in [-0.1, -0.05) is 0 Å². The molecule has 6 heteroatoms. The first kappa shape index (κ1) is 7.39. The molecule has 1 aromatic heterocycles. The zero-order valence-electron chi connectivity index (χ0n) is 6.07. The Morgan fingerprint density at radius 1 is 1.73 bits per heavy atom. The van der Waals surface area contributed by atoms with Crippen molar-refractivity contribution in [1.82, 2.24) is 15.2 Å². The topological polar surface area (TPSA) is 92.3 Å². The number of anilines is 1. The second-order valence-electron chi connectivity index (χ2n) is 1.75. The zero-order chi connectivity index (χ0) is 8.27. The highest BCUT2D eigenvalue weighted by Crippen LogP contribution is 1.95. The lowest BCUT2D eigenvalue weighted by molar-refractivity contribution is 1.08. The third kappa shape index (κ3) is 1.40. The molecule has 0 fully saturated rings. The van der Waals surface area contributed by atoms with Crippen LogP contribution in [0.5, 0.6) is 0 Å². The molecule has 1 aromatic rings. The second kappa shape index (κ2) is 2.91. The van der Waals surface area contributed by atoms with Gasteiger partial charge in [-0.3, -0.25) is 10.1 Å². The number of amidine groups is 1. The van der Waals surface area contributed by atoms with Crippen LogP contribution in [0.2, 0.25) is 0 Å². The van der Waals surface area contributed by atoms with Crippen molar-refractivity contribution in [1.29, 1.82) is 0 Å². The predicted octanol–water partition coefficient (Wildman–Crippen LogP) is -0.536. The van der Waals surface area contributed by atoms with Gasteiger partial charge in [-0.25, -0.2) is 4.99 Å². The molecule has 3 N–H and O–H groups in total. The molecular weight excluding hydrogens is 144 g/mol. The monoisotopic (exact) mass is 152 g/mol. The molecule has 0 spiro atoms. The lowest BCUT2D eigenvalue weighted by atomic mass is 10.5. The number of nitrogens with one attached hydrogen (secondary N) is 1. The van der Waals surface area contributed by atoms with E-state index in [2.05, 4.69) is 31.9 Å². The summed E-state index contributed by atoms with van der Waals surface area (Å²) in [5, 5.41) is 6.16. The number of aromatic nitrogens is 3. The fourth-order valence-electron chi connectivity index (χ4n) is 0.626. The Balaban J connectivity index is 3.00. The highest BCUT2D eigenvalue weighted by molar-refractivity contribution is 5.98. The van der Waals surface area contributed by atoms with Crippen LogP contribution < -0.4 is 5.73 Å². The Morgan fingerprint density at radius 2 is 2.45 bits per heavy atom. The first-order valence-corrected chi connectivity index (χ1v) is 2.89. The largest absolute Gasteiger partial charge is 0.366 e. The fourth-order valence-corrected chi connectivity index (χ4v) is 0.626. The summed E-state index contributed by atoms with van der Waals surface area (Å²) in [7, 11) is 1.59. The summed E-state index contributed by atoms with van der Waals surface area (Å²) < 4.78 is 0. The van der Waals surface area contributed by atoms with Gasteiger partial charge < -0.3 is 5.73 Å². The standard InChI is InChI=1S/C5H8N6/c1-7-3(8-2)4-9-5(6)11-10-4/h1H2,2H3,(H3,6,9,10,11). The molecular formula is C5H8N6. The van der Waals surface area contributed by atoms with Crippen LogP contribution in [0.15, 0.2) is 9.98 Å². The highest BCUT2D eigenvalue weighted by atomic mass is 15.3. The lowest BCUT2D eigenvalue weighted by Gasteiger charge is -1.88. The Kier molecular flexibility index (Phi) is 1.95. The number of nitrogen functional groups attached to an aromatic ring is 1. The van der Waals surface area contributed by atoms with E-state index in [0.29, 0.717) is 11.7 Å². The molecule has 1 rings (SSSR count). The summed E-state index contributed by atoms with van der Waals surface area (Å²) in [5.74, 6) is 0.999. The fraction of sp³-hybridized carbons (Fsp3) is 0.200. The van der Waals surface area contributed by atoms with E-state index in [0.717, 1.165) is 0 Å². The van der Waals surface area contributed by atoms with Crippen molar-refractivity contribution in [2.75, 3.05) is 12.8 Å². The molecule has 0 aromatic carbocycles. The van der Waals surface area contributed by atoms with Gasteiger partial charge in [-0.05, 0) is 6.72 Å². The predicted molar refractivity (Wildman–Crippen MR) is 42.8 cm³/mol. The lowest BCUT2D eigenvalue weighted by Crippen LogP contribution is -1.99. The van der Waals surface area contributed by atoms with E-state index in [1.807, 2.05) is 0 Å².